The lowest BCUT2D eigenvalue weighted by Crippen LogP contribution is -2.41. The van der Waals surface area contributed by atoms with E-state index < -0.39 is 0 Å². The number of hydrogen-bond donors (Lipinski definition) is 1. The predicted octanol–water partition coefficient (Wildman–Crippen LogP) is 1.55. The summed E-state index contributed by atoms with van der Waals surface area (Å²) in [5.41, 5.74) is 1.09. The van der Waals surface area contributed by atoms with Gasteiger partial charge in [-0.2, -0.15) is 0 Å². The highest BCUT2D eigenvalue weighted by atomic mass is 16.3. The van der Waals surface area contributed by atoms with Crippen molar-refractivity contribution >= 4 is 5.91 Å². The SMILES string of the molecule is Cc1occc1CN(C)C(=O)[C@@H]1CCCNC1. The predicted molar refractivity (Wildman–Crippen MR) is 65.5 cm³/mol. The summed E-state index contributed by atoms with van der Waals surface area (Å²) in [6, 6.07) is 1.93. The van der Waals surface area contributed by atoms with Gasteiger partial charge in [-0.15, -0.1) is 0 Å². The van der Waals surface area contributed by atoms with Gasteiger partial charge in [0.2, 0.25) is 5.91 Å². The van der Waals surface area contributed by atoms with Gasteiger partial charge in [-0.3, -0.25) is 4.79 Å². The minimum atomic E-state index is 0.140. The summed E-state index contributed by atoms with van der Waals surface area (Å²) in [5, 5.41) is 3.27. The molecular weight excluding hydrogens is 216 g/mol. The molecule has 1 saturated heterocycles. The fraction of sp³-hybridized carbons (Fsp3) is 0.615. The van der Waals surface area contributed by atoms with E-state index >= 15 is 0 Å². The van der Waals surface area contributed by atoms with Crippen molar-refractivity contribution in [3.63, 3.8) is 0 Å². The molecule has 0 spiro atoms. The van der Waals surface area contributed by atoms with Crippen molar-refractivity contribution in [1.82, 2.24) is 10.2 Å². The molecule has 1 amide bonds. The highest BCUT2D eigenvalue weighted by Crippen LogP contribution is 2.16. The molecule has 0 saturated carbocycles. The summed E-state index contributed by atoms with van der Waals surface area (Å²) in [4.78, 5) is 14.0. The van der Waals surface area contributed by atoms with E-state index in [1.54, 1.807) is 11.2 Å². The summed E-state index contributed by atoms with van der Waals surface area (Å²) in [6.45, 7) is 4.41. The van der Waals surface area contributed by atoms with E-state index in [2.05, 4.69) is 5.32 Å². The summed E-state index contributed by atoms with van der Waals surface area (Å²) >= 11 is 0. The van der Waals surface area contributed by atoms with Crippen LogP contribution in [0.3, 0.4) is 0 Å². The number of carbonyl (C=O) groups is 1. The highest BCUT2D eigenvalue weighted by molar-refractivity contribution is 5.78. The third kappa shape index (κ3) is 2.88. The number of furan rings is 1. The Hall–Kier alpha value is -1.29. The van der Waals surface area contributed by atoms with Gasteiger partial charge in [0.05, 0.1) is 12.2 Å². The zero-order chi connectivity index (χ0) is 12.3. The molecule has 0 unspecified atom stereocenters. The Morgan fingerprint density at radius 1 is 1.65 bits per heavy atom. The first-order chi connectivity index (χ1) is 8.18. The zero-order valence-corrected chi connectivity index (χ0v) is 10.5. The smallest absolute Gasteiger partial charge is 0.227 e. The number of rotatable bonds is 3. The lowest BCUT2D eigenvalue weighted by molar-refractivity contribution is -0.135. The van der Waals surface area contributed by atoms with E-state index in [0.717, 1.165) is 37.3 Å². The van der Waals surface area contributed by atoms with Crippen molar-refractivity contribution in [1.29, 1.82) is 0 Å². The maximum Gasteiger partial charge on any atom is 0.227 e. The molecule has 0 aromatic carbocycles. The Kier molecular flexibility index (Phi) is 3.84. The van der Waals surface area contributed by atoms with Crippen LogP contribution in [0, 0.1) is 12.8 Å². The number of nitrogens with one attached hydrogen (secondary N) is 1. The molecule has 1 N–H and O–H groups in total. The largest absolute Gasteiger partial charge is 0.469 e. The van der Waals surface area contributed by atoms with Crippen LogP contribution in [0.2, 0.25) is 0 Å². The molecule has 94 valence electrons. The number of amides is 1. The fourth-order valence-electron chi connectivity index (χ4n) is 2.28. The van der Waals surface area contributed by atoms with Crippen LogP contribution >= 0.6 is 0 Å². The summed E-state index contributed by atoms with van der Waals surface area (Å²) in [7, 11) is 1.86. The van der Waals surface area contributed by atoms with Crippen LogP contribution < -0.4 is 5.32 Å². The molecule has 1 atom stereocenters. The van der Waals surface area contributed by atoms with Gasteiger partial charge in [0.25, 0.3) is 0 Å². The molecule has 4 heteroatoms. The van der Waals surface area contributed by atoms with E-state index in [0.29, 0.717) is 6.54 Å². The first kappa shape index (κ1) is 12.2. The van der Waals surface area contributed by atoms with E-state index in [1.165, 1.54) is 0 Å². The molecule has 1 aromatic rings. The average Bonchev–Trinajstić information content (AvgIpc) is 2.75. The fourth-order valence-corrected chi connectivity index (χ4v) is 2.28. The number of carbonyl (C=O) groups excluding carboxylic acids is 1. The molecule has 2 rings (SSSR count). The maximum absolute atomic E-state index is 12.2. The van der Waals surface area contributed by atoms with Crippen molar-refractivity contribution in [2.24, 2.45) is 5.92 Å². The topological polar surface area (TPSA) is 45.5 Å². The van der Waals surface area contributed by atoms with Crippen LogP contribution in [0.4, 0.5) is 0 Å². The summed E-state index contributed by atoms with van der Waals surface area (Å²) < 4.78 is 5.24. The van der Waals surface area contributed by atoms with Crippen LogP contribution in [-0.4, -0.2) is 30.9 Å². The minimum Gasteiger partial charge on any atom is -0.469 e. The molecule has 0 aliphatic carbocycles. The maximum atomic E-state index is 12.2. The van der Waals surface area contributed by atoms with E-state index in [4.69, 9.17) is 4.42 Å². The number of hydrogen-bond acceptors (Lipinski definition) is 3. The second-order valence-electron chi connectivity index (χ2n) is 4.74. The lowest BCUT2D eigenvalue weighted by Gasteiger charge is -2.26. The van der Waals surface area contributed by atoms with E-state index in [-0.39, 0.29) is 11.8 Å². The lowest BCUT2D eigenvalue weighted by atomic mass is 9.98. The van der Waals surface area contributed by atoms with Crippen LogP contribution in [0.25, 0.3) is 0 Å². The van der Waals surface area contributed by atoms with Crippen molar-refractivity contribution in [3.8, 4) is 0 Å². The van der Waals surface area contributed by atoms with Gasteiger partial charge < -0.3 is 14.6 Å². The van der Waals surface area contributed by atoms with Crippen molar-refractivity contribution in [2.45, 2.75) is 26.3 Å². The van der Waals surface area contributed by atoms with Crippen LogP contribution in [0.15, 0.2) is 16.7 Å². The molecular formula is C13H20N2O2. The first-order valence-electron chi connectivity index (χ1n) is 6.17. The molecule has 4 nitrogen and oxygen atoms in total. The Bertz CT molecular complexity index is 381. The molecule has 0 radical (unpaired) electrons. The quantitative estimate of drug-likeness (QED) is 0.866. The average molecular weight is 236 g/mol. The van der Waals surface area contributed by atoms with Crippen LogP contribution in [0.5, 0.6) is 0 Å². The molecule has 1 fully saturated rings. The first-order valence-corrected chi connectivity index (χ1v) is 6.17. The van der Waals surface area contributed by atoms with Gasteiger partial charge in [-0.1, -0.05) is 0 Å². The van der Waals surface area contributed by atoms with E-state index in [9.17, 15) is 4.79 Å². The molecule has 1 aliphatic rings. The Labute approximate surface area is 102 Å². The van der Waals surface area contributed by atoms with Gasteiger partial charge >= 0.3 is 0 Å². The van der Waals surface area contributed by atoms with Crippen molar-refractivity contribution in [2.75, 3.05) is 20.1 Å². The Morgan fingerprint density at radius 3 is 3.06 bits per heavy atom. The zero-order valence-electron chi connectivity index (χ0n) is 10.5. The highest BCUT2D eigenvalue weighted by Gasteiger charge is 2.24. The van der Waals surface area contributed by atoms with Gasteiger partial charge in [0, 0.05) is 25.7 Å². The van der Waals surface area contributed by atoms with Gasteiger partial charge in [-0.25, -0.2) is 0 Å². The molecule has 2 heterocycles. The standard InChI is InChI=1S/C13H20N2O2/c1-10-12(5-7-17-10)9-15(2)13(16)11-4-3-6-14-8-11/h5,7,11,14H,3-4,6,8-9H2,1-2H3/t11-/m1/s1. The summed E-state index contributed by atoms with van der Waals surface area (Å²) in [6.07, 6.45) is 3.76. The third-order valence-corrected chi connectivity index (χ3v) is 3.40. The molecule has 1 aromatic heterocycles. The van der Waals surface area contributed by atoms with Gasteiger partial charge in [0.15, 0.2) is 0 Å². The molecule has 1 aliphatic heterocycles. The molecule has 17 heavy (non-hydrogen) atoms. The second-order valence-corrected chi connectivity index (χ2v) is 4.74. The number of nitrogens with zero attached hydrogens (tertiary/aromatic N) is 1. The number of aryl methyl sites for hydroxylation is 1. The summed E-state index contributed by atoms with van der Waals surface area (Å²) in [5.74, 6) is 1.27. The van der Waals surface area contributed by atoms with Crippen molar-refractivity contribution in [3.05, 3.63) is 23.7 Å². The van der Waals surface area contributed by atoms with Crippen LogP contribution in [0.1, 0.15) is 24.2 Å². The van der Waals surface area contributed by atoms with Gasteiger partial charge in [-0.05, 0) is 32.4 Å². The minimum absolute atomic E-state index is 0.140. The van der Waals surface area contributed by atoms with Gasteiger partial charge in [0.1, 0.15) is 5.76 Å². The van der Waals surface area contributed by atoms with Crippen molar-refractivity contribution < 1.29 is 9.21 Å². The normalized spacial score (nSPS) is 20.2. The Balaban J connectivity index is 1.93. The third-order valence-electron chi connectivity index (χ3n) is 3.40. The monoisotopic (exact) mass is 236 g/mol. The molecule has 0 bridgehead atoms. The van der Waals surface area contributed by atoms with Crippen LogP contribution in [-0.2, 0) is 11.3 Å². The second kappa shape index (κ2) is 5.36. The van der Waals surface area contributed by atoms with E-state index in [1.807, 2.05) is 20.0 Å². The number of piperidine rings is 1. The Morgan fingerprint density at radius 2 is 2.47 bits per heavy atom.